The molecule has 0 bridgehead atoms. The molecule has 2 aromatic heterocycles. The van der Waals surface area contributed by atoms with Gasteiger partial charge in [0.15, 0.2) is 6.29 Å². The Balaban J connectivity index is 2.16. The van der Waals surface area contributed by atoms with Gasteiger partial charge in [-0.2, -0.15) is 0 Å². The Morgan fingerprint density at radius 3 is 2.90 bits per heavy atom. The van der Waals surface area contributed by atoms with Crippen molar-refractivity contribution in [3.05, 3.63) is 48.3 Å². The van der Waals surface area contributed by atoms with Crippen molar-refractivity contribution in [1.29, 1.82) is 0 Å². The number of nitrogens with zero attached hydrogens (tertiary/aromatic N) is 2. The third-order valence-corrected chi connectivity index (χ3v) is 3.26. The van der Waals surface area contributed by atoms with Crippen molar-refractivity contribution in [3.8, 4) is 17.1 Å². The van der Waals surface area contributed by atoms with Crippen molar-refractivity contribution in [1.82, 2.24) is 9.38 Å². The van der Waals surface area contributed by atoms with Crippen LogP contribution in [-0.2, 0) is 0 Å². The predicted molar refractivity (Wildman–Crippen MR) is 81.6 cm³/mol. The number of fused-ring (bicyclic) bond motifs is 1. The number of aldehydes is 1. The van der Waals surface area contributed by atoms with Crippen molar-refractivity contribution in [2.75, 3.05) is 12.3 Å². The van der Waals surface area contributed by atoms with E-state index >= 15 is 0 Å². The fourth-order valence-corrected chi connectivity index (χ4v) is 2.33. The number of benzene rings is 1. The Labute approximate surface area is 122 Å². The van der Waals surface area contributed by atoms with Crippen LogP contribution in [0.3, 0.4) is 0 Å². The Kier molecular flexibility index (Phi) is 3.31. The van der Waals surface area contributed by atoms with Gasteiger partial charge in [-0.25, -0.2) is 4.98 Å². The lowest BCUT2D eigenvalue weighted by Gasteiger charge is -2.08. The fraction of sp³-hybridized carbons (Fsp3) is 0.125. The van der Waals surface area contributed by atoms with Crippen molar-refractivity contribution in [2.24, 2.45) is 0 Å². The minimum Gasteiger partial charge on any atom is -0.492 e. The van der Waals surface area contributed by atoms with Crippen LogP contribution in [0.4, 0.5) is 5.69 Å². The van der Waals surface area contributed by atoms with Gasteiger partial charge >= 0.3 is 0 Å². The molecule has 0 aliphatic heterocycles. The second-order valence-corrected chi connectivity index (χ2v) is 4.58. The Hall–Kier alpha value is -2.82. The number of aromatic nitrogens is 2. The van der Waals surface area contributed by atoms with Crippen LogP contribution < -0.4 is 10.5 Å². The molecule has 0 atom stereocenters. The molecule has 0 aliphatic carbocycles. The summed E-state index contributed by atoms with van der Waals surface area (Å²) in [6.07, 6.45) is 2.63. The molecule has 3 rings (SSSR count). The van der Waals surface area contributed by atoms with Gasteiger partial charge in [0.25, 0.3) is 0 Å². The number of ether oxygens (including phenoxy) is 1. The molecule has 2 N–H and O–H groups in total. The third kappa shape index (κ3) is 2.23. The minimum atomic E-state index is 0.415. The largest absolute Gasteiger partial charge is 0.492 e. The topological polar surface area (TPSA) is 69.6 Å². The van der Waals surface area contributed by atoms with Crippen LogP contribution in [-0.4, -0.2) is 22.3 Å². The normalized spacial score (nSPS) is 10.7. The van der Waals surface area contributed by atoms with Crippen LogP contribution in [0.15, 0.2) is 42.6 Å². The number of pyridine rings is 1. The first-order valence-electron chi connectivity index (χ1n) is 6.69. The molecule has 0 saturated carbocycles. The van der Waals surface area contributed by atoms with Gasteiger partial charge in [-0.1, -0.05) is 6.07 Å². The zero-order valence-corrected chi connectivity index (χ0v) is 11.6. The molecule has 0 fully saturated rings. The predicted octanol–water partition coefficient (Wildman–Crippen LogP) is 2.79. The number of hydrogen-bond acceptors (Lipinski definition) is 4. The van der Waals surface area contributed by atoms with Crippen LogP contribution >= 0.6 is 0 Å². The monoisotopic (exact) mass is 281 g/mol. The maximum absolute atomic E-state index is 11.2. The second kappa shape index (κ2) is 5.28. The summed E-state index contributed by atoms with van der Waals surface area (Å²) >= 11 is 0. The van der Waals surface area contributed by atoms with E-state index < -0.39 is 0 Å². The molecule has 0 amide bonds. The lowest BCUT2D eigenvalue weighted by atomic mass is 10.2. The van der Waals surface area contributed by atoms with Crippen molar-refractivity contribution < 1.29 is 9.53 Å². The summed E-state index contributed by atoms with van der Waals surface area (Å²) in [7, 11) is 0. The number of nitrogens with two attached hydrogens (primary N) is 1. The van der Waals surface area contributed by atoms with Gasteiger partial charge in [-0.3, -0.25) is 9.20 Å². The Morgan fingerprint density at radius 1 is 1.33 bits per heavy atom. The number of rotatable bonds is 4. The van der Waals surface area contributed by atoms with E-state index in [1.165, 1.54) is 0 Å². The summed E-state index contributed by atoms with van der Waals surface area (Å²) in [6.45, 7) is 2.47. The zero-order valence-electron chi connectivity index (χ0n) is 11.6. The molecule has 0 saturated heterocycles. The molecule has 0 spiro atoms. The van der Waals surface area contributed by atoms with E-state index in [0.29, 0.717) is 29.6 Å². The van der Waals surface area contributed by atoms with E-state index in [4.69, 9.17) is 10.5 Å². The number of carbonyl (C=O) groups is 1. The molecule has 21 heavy (non-hydrogen) atoms. The van der Waals surface area contributed by atoms with Crippen LogP contribution in [0, 0.1) is 0 Å². The molecule has 106 valence electrons. The zero-order chi connectivity index (χ0) is 14.8. The van der Waals surface area contributed by atoms with E-state index in [1.54, 1.807) is 6.07 Å². The van der Waals surface area contributed by atoms with Gasteiger partial charge in [0.1, 0.15) is 17.3 Å². The first-order chi connectivity index (χ1) is 10.2. The summed E-state index contributed by atoms with van der Waals surface area (Å²) in [5, 5.41) is 0. The van der Waals surface area contributed by atoms with Crippen molar-refractivity contribution in [3.63, 3.8) is 0 Å². The number of imidazole rings is 1. The lowest BCUT2D eigenvalue weighted by Crippen LogP contribution is -1.97. The lowest BCUT2D eigenvalue weighted by molar-refractivity contribution is 0.112. The van der Waals surface area contributed by atoms with Gasteiger partial charge < -0.3 is 10.5 Å². The summed E-state index contributed by atoms with van der Waals surface area (Å²) < 4.78 is 7.31. The SMILES string of the molecule is CCOc1ccc(-c2nc(C=O)c3ccccn23)cc1N. The third-order valence-electron chi connectivity index (χ3n) is 3.26. The highest BCUT2D eigenvalue weighted by Gasteiger charge is 2.13. The minimum absolute atomic E-state index is 0.415. The van der Waals surface area contributed by atoms with E-state index in [2.05, 4.69) is 4.98 Å². The van der Waals surface area contributed by atoms with Crippen LogP contribution in [0.5, 0.6) is 5.75 Å². The summed E-state index contributed by atoms with van der Waals surface area (Å²) in [4.78, 5) is 15.5. The summed E-state index contributed by atoms with van der Waals surface area (Å²) in [6, 6.07) is 11.1. The van der Waals surface area contributed by atoms with Crippen molar-refractivity contribution >= 4 is 17.5 Å². The quantitative estimate of drug-likeness (QED) is 0.589. The Bertz CT molecular complexity index is 808. The van der Waals surface area contributed by atoms with Crippen LogP contribution in [0.25, 0.3) is 16.9 Å². The van der Waals surface area contributed by atoms with Crippen LogP contribution in [0.1, 0.15) is 17.4 Å². The molecule has 3 aromatic rings. The first-order valence-corrected chi connectivity index (χ1v) is 6.69. The van der Waals surface area contributed by atoms with Crippen LogP contribution in [0.2, 0.25) is 0 Å². The maximum atomic E-state index is 11.2. The average Bonchev–Trinajstić information content (AvgIpc) is 2.88. The fourth-order valence-electron chi connectivity index (χ4n) is 2.33. The highest BCUT2D eigenvalue weighted by molar-refractivity contribution is 5.86. The Morgan fingerprint density at radius 2 is 2.19 bits per heavy atom. The maximum Gasteiger partial charge on any atom is 0.170 e. The summed E-state index contributed by atoms with van der Waals surface area (Å²) in [5.41, 5.74) is 8.57. The second-order valence-electron chi connectivity index (χ2n) is 4.58. The van der Waals surface area contributed by atoms with Gasteiger partial charge in [0.05, 0.1) is 17.8 Å². The van der Waals surface area contributed by atoms with E-state index in [9.17, 15) is 4.79 Å². The van der Waals surface area contributed by atoms with Gasteiger partial charge in [-0.15, -0.1) is 0 Å². The highest BCUT2D eigenvalue weighted by atomic mass is 16.5. The van der Waals surface area contributed by atoms with Gasteiger partial charge in [0, 0.05) is 11.8 Å². The van der Waals surface area contributed by atoms with Crippen molar-refractivity contribution in [2.45, 2.75) is 6.92 Å². The van der Waals surface area contributed by atoms with E-state index in [1.807, 2.05) is 47.9 Å². The summed E-state index contributed by atoms with van der Waals surface area (Å²) in [5.74, 6) is 1.33. The number of anilines is 1. The van der Waals surface area contributed by atoms with E-state index in [0.717, 1.165) is 17.4 Å². The number of hydrogen-bond donors (Lipinski definition) is 1. The smallest absolute Gasteiger partial charge is 0.170 e. The molecule has 1 aromatic carbocycles. The van der Waals surface area contributed by atoms with Gasteiger partial charge in [0.2, 0.25) is 0 Å². The van der Waals surface area contributed by atoms with Gasteiger partial charge in [-0.05, 0) is 37.3 Å². The molecule has 5 heteroatoms. The number of carbonyl (C=O) groups excluding carboxylic acids is 1. The molecule has 0 radical (unpaired) electrons. The number of nitrogen functional groups attached to an aromatic ring is 1. The first kappa shape index (κ1) is 13.2. The standard InChI is InChI=1S/C16H15N3O2/c1-2-21-15-7-6-11(9-12(15)17)16-18-13(10-20)14-5-3-4-8-19(14)16/h3-10H,2,17H2,1H3. The molecular weight excluding hydrogens is 266 g/mol. The molecule has 2 heterocycles. The highest BCUT2D eigenvalue weighted by Crippen LogP contribution is 2.29. The average molecular weight is 281 g/mol. The molecule has 5 nitrogen and oxygen atoms in total. The molecule has 0 aliphatic rings. The molecular formula is C16H15N3O2. The molecule has 0 unspecified atom stereocenters. The van der Waals surface area contributed by atoms with E-state index in [-0.39, 0.29) is 0 Å².